The van der Waals surface area contributed by atoms with Gasteiger partial charge in [0, 0.05) is 37.5 Å². The Morgan fingerprint density at radius 1 is 1.04 bits per heavy atom. The van der Waals surface area contributed by atoms with Gasteiger partial charge in [0.15, 0.2) is 6.29 Å². The number of carbonyl (C=O) groups is 2. The van der Waals surface area contributed by atoms with Gasteiger partial charge in [-0.25, -0.2) is 9.59 Å². The molecule has 15 heteroatoms. The maximum Gasteiger partial charge on any atom is 0.407 e. The van der Waals surface area contributed by atoms with Crippen LogP contribution in [-0.4, -0.2) is 131 Å². The zero-order valence-electron chi connectivity index (χ0n) is 30.8. The van der Waals surface area contributed by atoms with E-state index in [4.69, 9.17) is 23.7 Å². The van der Waals surface area contributed by atoms with Gasteiger partial charge in [0.2, 0.25) is 0 Å². The van der Waals surface area contributed by atoms with Crippen LogP contribution in [-0.2, 0) is 23.7 Å². The number of likely N-dealkylation sites (N-methyl/N-ethyl adjacent to an activating group) is 1. The zero-order valence-corrected chi connectivity index (χ0v) is 30.8. The number of nitrogens with one attached hydrogen (secondary N) is 4. The Balaban J connectivity index is 1.92. The summed E-state index contributed by atoms with van der Waals surface area (Å²) >= 11 is 0. The standard InChI is InChI=1S/C34H62N4O11/c1-11-20-13-12-18(2)26(46-20)23-21(38-31(43)49-33(6,7)8)14-22(36-15-19(39)16-37-30(42)48-32(3,4)5)27(24(23)40)47-29-25(41)28(35-10)34(9,44)17-45-29/h13,18-19,21-29,35-36,39-41,44H,11-12,14-17H2,1-10H3,(H,37,42)(H,38,43). The molecule has 12 atom stereocenters. The van der Waals surface area contributed by atoms with Crippen LogP contribution < -0.4 is 21.3 Å². The van der Waals surface area contributed by atoms with Gasteiger partial charge < -0.3 is 65.4 Å². The molecule has 1 aliphatic carbocycles. The number of rotatable bonds is 11. The summed E-state index contributed by atoms with van der Waals surface area (Å²) in [6.07, 6.45) is -4.11. The molecule has 49 heavy (non-hydrogen) atoms. The van der Waals surface area contributed by atoms with E-state index in [0.717, 1.165) is 5.76 Å². The molecule has 0 spiro atoms. The Kier molecular flexibility index (Phi) is 14.2. The van der Waals surface area contributed by atoms with Gasteiger partial charge in [0.25, 0.3) is 0 Å². The third kappa shape index (κ3) is 11.6. The van der Waals surface area contributed by atoms with Crippen molar-refractivity contribution in [3.05, 3.63) is 11.8 Å². The SMILES string of the molecule is CCC1=CCC(C)C(C2C(NC(=O)OC(C)(C)C)CC(NCC(O)CNC(=O)OC(C)(C)C)C(OC3OCC(C)(O)C(NC)C3O)C2O)O1. The van der Waals surface area contributed by atoms with Gasteiger partial charge in [-0.2, -0.15) is 0 Å². The fourth-order valence-corrected chi connectivity index (χ4v) is 6.74. The van der Waals surface area contributed by atoms with Crippen LogP contribution in [0.25, 0.3) is 0 Å². The summed E-state index contributed by atoms with van der Waals surface area (Å²) in [5.41, 5.74) is -2.86. The Labute approximate surface area is 290 Å². The Morgan fingerprint density at radius 3 is 2.27 bits per heavy atom. The maximum absolute atomic E-state index is 13.2. The summed E-state index contributed by atoms with van der Waals surface area (Å²) in [4.78, 5) is 25.3. The van der Waals surface area contributed by atoms with Gasteiger partial charge >= 0.3 is 12.2 Å². The van der Waals surface area contributed by atoms with Crippen molar-refractivity contribution >= 4 is 12.2 Å². The van der Waals surface area contributed by atoms with Crippen LogP contribution in [0.5, 0.6) is 0 Å². The molecule has 0 aromatic carbocycles. The summed E-state index contributed by atoms with van der Waals surface area (Å²) in [7, 11) is 1.61. The molecule has 3 aliphatic rings. The number of alkyl carbamates (subject to hydrolysis) is 2. The van der Waals surface area contributed by atoms with E-state index in [1.807, 2.05) is 19.9 Å². The van der Waals surface area contributed by atoms with Gasteiger partial charge in [-0.15, -0.1) is 0 Å². The average Bonchev–Trinajstić information content (AvgIpc) is 2.96. The number of amides is 2. The summed E-state index contributed by atoms with van der Waals surface area (Å²) in [5, 5.41) is 56.8. The van der Waals surface area contributed by atoms with Crippen LogP contribution in [0, 0.1) is 11.8 Å². The van der Waals surface area contributed by atoms with Crippen molar-refractivity contribution < 1.29 is 53.7 Å². The number of allylic oxidation sites excluding steroid dienone is 2. The molecule has 0 bridgehead atoms. The minimum atomic E-state index is -1.39. The molecule has 2 amide bonds. The highest BCUT2D eigenvalue weighted by atomic mass is 16.7. The van der Waals surface area contributed by atoms with E-state index < -0.39 is 89.8 Å². The molecule has 0 aromatic rings. The number of carbonyl (C=O) groups excluding carboxylic acids is 2. The molecule has 3 rings (SSSR count). The van der Waals surface area contributed by atoms with Crippen molar-refractivity contribution in [3.8, 4) is 0 Å². The highest BCUT2D eigenvalue weighted by Gasteiger charge is 2.54. The van der Waals surface area contributed by atoms with Gasteiger partial charge in [-0.05, 0) is 80.3 Å². The lowest BCUT2D eigenvalue weighted by atomic mass is 9.71. The van der Waals surface area contributed by atoms with Crippen LogP contribution >= 0.6 is 0 Å². The topological polar surface area (TPSA) is 209 Å². The molecule has 15 nitrogen and oxygen atoms in total. The van der Waals surface area contributed by atoms with Crippen LogP contribution in [0.4, 0.5) is 9.59 Å². The van der Waals surface area contributed by atoms with Crippen molar-refractivity contribution in [2.45, 2.75) is 153 Å². The molecule has 1 saturated heterocycles. The first-order valence-corrected chi connectivity index (χ1v) is 17.4. The number of aliphatic hydroxyl groups excluding tert-OH is 3. The molecule has 284 valence electrons. The first-order valence-electron chi connectivity index (χ1n) is 17.4. The number of aliphatic hydroxyl groups is 4. The van der Waals surface area contributed by atoms with Crippen LogP contribution in [0.15, 0.2) is 11.8 Å². The van der Waals surface area contributed by atoms with E-state index in [9.17, 15) is 30.0 Å². The van der Waals surface area contributed by atoms with Crippen molar-refractivity contribution in [3.63, 3.8) is 0 Å². The largest absolute Gasteiger partial charge is 0.494 e. The highest BCUT2D eigenvalue weighted by molar-refractivity contribution is 5.68. The monoisotopic (exact) mass is 702 g/mol. The predicted octanol–water partition coefficient (Wildman–Crippen LogP) is 1.26. The average molecular weight is 703 g/mol. The number of hydrogen-bond acceptors (Lipinski definition) is 13. The lowest BCUT2D eigenvalue weighted by molar-refractivity contribution is -0.298. The summed E-state index contributed by atoms with van der Waals surface area (Å²) in [6.45, 7) is 15.7. The van der Waals surface area contributed by atoms with Crippen LogP contribution in [0.3, 0.4) is 0 Å². The number of ether oxygens (including phenoxy) is 5. The predicted molar refractivity (Wildman–Crippen MR) is 180 cm³/mol. The summed E-state index contributed by atoms with van der Waals surface area (Å²) in [6, 6.07) is -2.16. The molecule has 8 N–H and O–H groups in total. The molecule has 12 unspecified atom stereocenters. The molecule has 2 fully saturated rings. The maximum atomic E-state index is 13.2. The van der Waals surface area contributed by atoms with E-state index >= 15 is 0 Å². The van der Waals surface area contributed by atoms with Crippen molar-refractivity contribution in [1.82, 2.24) is 21.3 Å². The Hall–Kier alpha value is -2.24. The molecule has 0 aromatic heterocycles. The number of hydrogen-bond donors (Lipinski definition) is 8. The van der Waals surface area contributed by atoms with Crippen LogP contribution in [0.2, 0.25) is 0 Å². The fourth-order valence-electron chi connectivity index (χ4n) is 6.74. The third-order valence-corrected chi connectivity index (χ3v) is 9.02. The van der Waals surface area contributed by atoms with E-state index in [1.54, 1.807) is 55.5 Å². The highest BCUT2D eigenvalue weighted by Crippen LogP contribution is 2.40. The summed E-state index contributed by atoms with van der Waals surface area (Å²) in [5.74, 6) is 0.0855. The van der Waals surface area contributed by atoms with Crippen molar-refractivity contribution in [1.29, 1.82) is 0 Å². The van der Waals surface area contributed by atoms with Gasteiger partial charge in [-0.3, -0.25) is 0 Å². The van der Waals surface area contributed by atoms with Crippen molar-refractivity contribution in [2.75, 3.05) is 26.7 Å². The van der Waals surface area contributed by atoms with Gasteiger partial charge in [0.1, 0.15) is 35.1 Å². The Bertz CT molecular complexity index is 1120. The minimum absolute atomic E-state index is 0.0240. The van der Waals surface area contributed by atoms with Crippen molar-refractivity contribution in [2.24, 2.45) is 11.8 Å². The fraction of sp³-hybridized carbons (Fsp3) is 0.882. The normalized spacial score (nSPS) is 36.2. The molecule has 1 saturated carbocycles. The second-order valence-electron chi connectivity index (χ2n) is 15.8. The van der Waals surface area contributed by atoms with E-state index in [-0.39, 0.29) is 32.0 Å². The lowest BCUT2D eigenvalue weighted by Crippen LogP contribution is -2.69. The first kappa shape index (κ1) is 41.2. The van der Waals surface area contributed by atoms with Gasteiger partial charge in [0.05, 0.1) is 30.6 Å². The first-order chi connectivity index (χ1) is 22.7. The van der Waals surface area contributed by atoms with E-state index in [1.165, 1.54) is 0 Å². The smallest absolute Gasteiger partial charge is 0.407 e. The van der Waals surface area contributed by atoms with Crippen LogP contribution in [0.1, 0.15) is 81.6 Å². The quantitative estimate of drug-likeness (QED) is 0.153. The molecule has 2 aliphatic heterocycles. The third-order valence-electron chi connectivity index (χ3n) is 9.02. The second-order valence-corrected chi connectivity index (χ2v) is 15.8. The molecular formula is C34H62N4O11. The molecule has 2 heterocycles. The Morgan fingerprint density at radius 2 is 1.67 bits per heavy atom. The zero-order chi connectivity index (χ0) is 36.9. The molecule has 0 radical (unpaired) electrons. The lowest BCUT2D eigenvalue weighted by Gasteiger charge is -2.51. The van der Waals surface area contributed by atoms with Gasteiger partial charge in [-0.1, -0.05) is 13.8 Å². The van der Waals surface area contributed by atoms with E-state index in [0.29, 0.717) is 12.8 Å². The summed E-state index contributed by atoms with van der Waals surface area (Å²) < 4.78 is 29.5. The second kappa shape index (κ2) is 16.9. The minimum Gasteiger partial charge on any atom is -0.494 e. The van der Waals surface area contributed by atoms with E-state index in [2.05, 4.69) is 21.3 Å². The molecular weight excluding hydrogens is 640 g/mol.